The number of aromatic nitrogens is 4. The lowest BCUT2D eigenvalue weighted by Gasteiger charge is -2.28. The van der Waals surface area contributed by atoms with Crippen molar-refractivity contribution < 1.29 is 18.8 Å². The molecule has 1 aliphatic heterocycles. The molecule has 212 valence electrons. The molecule has 1 aliphatic carbocycles. The highest BCUT2D eigenvalue weighted by Gasteiger charge is 2.13. The van der Waals surface area contributed by atoms with Crippen LogP contribution in [0.25, 0.3) is 22.8 Å². The smallest absolute Gasteiger partial charge is 0.335 e. The van der Waals surface area contributed by atoms with Crippen LogP contribution in [0.3, 0.4) is 0 Å². The molecule has 2 fully saturated rings. The van der Waals surface area contributed by atoms with Crippen molar-refractivity contribution in [1.29, 1.82) is 0 Å². The van der Waals surface area contributed by atoms with Gasteiger partial charge in [0, 0.05) is 25.6 Å². The average molecular weight is 547 g/mol. The molecule has 10 nitrogen and oxygen atoms in total. The summed E-state index contributed by atoms with van der Waals surface area (Å²) in [6, 6.07) is 10.5. The van der Waals surface area contributed by atoms with Gasteiger partial charge in [-0.05, 0) is 49.4 Å². The molecule has 0 spiro atoms. The molecule has 0 atom stereocenters. The van der Waals surface area contributed by atoms with E-state index in [1.807, 2.05) is 12.3 Å². The average Bonchev–Trinajstić information content (AvgIpc) is 3.63. The van der Waals surface area contributed by atoms with Gasteiger partial charge in [0.25, 0.3) is 6.01 Å². The molecule has 2 aliphatic rings. The van der Waals surface area contributed by atoms with Gasteiger partial charge in [-0.25, -0.2) is 9.78 Å². The van der Waals surface area contributed by atoms with Gasteiger partial charge < -0.3 is 24.7 Å². The Balaban J connectivity index is 0.000000151. The highest BCUT2D eigenvalue weighted by atomic mass is 16.5. The maximum atomic E-state index is 10.7. The number of carbonyl (C=O) groups is 1. The van der Waals surface area contributed by atoms with Crippen molar-refractivity contribution >= 4 is 17.7 Å². The first-order valence-electron chi connectivity index (χ1n) is 14.0. The van der Waals surface area contributed by atoms with Crippen molar-refractivity contribution in [2.24, 2.45) is 5.92 Å². The Morgan fingerprint density at radius 1 is 1.00 bits per heavy atom. The van der Waals surface area contributed by atoms with Gasteiger partial charge in [-0.2, -0.15) is 4.98 Å². The van der Waals surface area contributed by atoms with Gasteiger partial charge in [0.2, 0.25) is 11.7 Å². The van der Waals surface area contributed by atoms with Crippen LogP contribution in [0, 0.1) is 12.8 Å². The first-order chi connectivity index (χ1) is 19.4. The number of nitrogens with two attached hydrogens (primary N) is 1. The number of anilines is 2. The summed E-state index contributed by atoms with van der Waals surface area (Å²) in [5.41, 5.74) is 8.09. The quantitative estimate of drug-likeness (QED) is 0.286. The second kappa shape index (κ2) is 14.3. The van der Waals surface area contributed by atoms with Crippen molar-refractivity contribution in [2.75, 3.05) is 23.7 Å². The van der Waals surface area contributed by atoms with Crippen LogP contribution >= 0.6 is 0 Å². The van der Waals surface area contributed by atoms with Crippen LogP contribution in [0.1, 0.15) is 74.5 Å². The molecule has 10 heteroatoms. The monoisotopic (exact) mass is 546 g/mol. The maximum absolute atomic E-state index is 10.7. The zero-order valence-electron chi connectivity index (χ0n) is 23.3. The molecule has 4 aromatic rings. The number of hydrogen-bond donors (Lipinski definition) is 2. The zero-order chi connectivity index (χ0) is 28.3. The highest BCUT2D eigenvalue weighted by molar-refractivity contribution is 5.89. The Morgan fingerprint density at radius 3 is 2.30 bits per heavy atom. The Bertz CT molecular complexity index is 1340. The van der Waals surface area contributed by atoms with E-state index in [4.69, 9.17) is 19.8 Å². The Labute approximate surface area is 234 Å². The van der Waals surface area contributed by atoms with Crippen LogP contribution in [0.4, 0.5) is 11.7 Å². The second-order valence-electron chi connectivity index (χ2n) is 10.3. The molecule has 1 saturated carbocycles. The van der Waals surface area contributed by atoms with E-state index >= 15 is 0 Å². The number of hydrogen-bond acceptors (Lipinski definition) is 9. The van der Waals surface area contributed by atoms with Crippen molar-refractivity contribution in [3.05, 3.63) is 60.2 Å². The van der Waals surface area contributed by atoms with Gasteiger partial charge in [-0.1, -0.05) is 56.3 Å². The minimum Gasteiger partial charge on any atom is -0.478 e. The van der Waals surface area contributed by atoms with E-state index in [1.165, 1.54) is 75.4 Å². The van der Waals surface area contributed by atoms with Crippen molar-refractivity contribution in [3.8, 4) is 22.8 Å². The summed E-state index contributed by atoms with van der Waals surface area (Å²) < 4.78 is 10.0. The normalized spacial score (nSPS) is 15.4. The number of nitrogens with zero attached hydrogens (tertiary/aromatic N) is 5. The number of aromatic carboxylic acids is 1. The SMILES string of the molecule is CC1CCCCC1.Cc1nc(-c2ccc(N3CCCCC3)cn2)no1.Nc1ncc(-c2cccc(C(=O)O)c2)o1. The molecule has 0 bridgehead atoms. The predicted molar refractivity (Wildman–Crippen MR) is 154 cm³/mol. The van der Waals surface area contributed by atoms with E-state index in [2.05, 4.69) is 38.0 Å². The van der Waals surface area contributed by atoms with Gasteiger partial charge in [0.1, 0.15) is 5.69 Å². The molecule has 6 rings (SSSR count). The standard InChI is InChI=1S/C13H16N4O.C10H8N2O3.C7H14/c1-10-15-13(16-18-10)12-6-5-11(9-14-12)17-7-3-2-4-8-17;11-10-12-5-8(15-10)6-2-1-3-7(4-6)9(13)14;1-7-5-3-2-4-6-7/h5-6,9H,2-4,7-8H2,1H3;1-5H,(H2,11,12)(H,13,14);7H,2-6H2,1H3. The molecule has 0 unspecified atom stereocenters. The fourth-order valence-corrected chi connectivity index (χ4v) is 4.79. The van der Waals surface area contributed by atoms with E-state index < -0.39 is 5.97 Å². The van der Waals surface area contributed by atoms with Crippen molar-refractivity contribution in [3.63, 3.8) is 0 Å². The number of piperidine rings is 1. The van der Waals surface area contributed by atoms with Crippen LogP contribution in [0.5, 0.6) is 0 Å². The van der Waals surface area contributed by atoms with E-state index in [1.54, 1.807) is 19.1 Å². The lowest BCUT2D eigenvalue weighted by Crippen LogP contribution is -2.29. The lowest BCUT2D eigenvalue weighted by molar-refractivity contribution is 0.0697. The van der Waals surface area contributed by atoms with E-state index in [0.29, 0.717) is 23.0 Å². The van der Waals surface area contributed by atoms with Gasteiger partial charge >= 0.3 is 5.97 Å². The van der Waals surface area contributed by atoms with Crippen molar-refractivity contribution in [2.45, 2.75) is 65.2 Å². The van der Waals surface area contributed by atoms with Crippen LogP contribution < -0.4 is 10.6 Å². The highest BCUT2D eigenvalue weighted by Crippen LogP contribution is 2.23. The molecule has 1 saturated heterocycles. The molecule has 1 aromatic carbocycles. The molecular weight excluding hydrogens is 508 g/mol. The summed E-state index contributed by atoms with van der Waals surface area (Å²) in [5.74, 6) is 1.62. The summed E-state index contributed by atoms with van der Waals surface area (Å²) in [6.45, 7) is 6.39. The van der Waals surface area contributed by atoms with Gasteiger partial charge in [-0.15, -0.1) is 0 Å². The van der Waals surface area contributed by atoms with Crippen molar-refractivity contribution in [1.82, 2.24) is 20.1 Å². The first-order valence-corrected chi connectivity index (χ1v) is 14.0. The van der Waals surface area contributed by atoms with E-state index in [9.17, 15) is 4.79 Å². The molecule has 3 aromatic heterocycles. The van der Waals surface area contributed by atoms with Gasteiger partial charge in [0.15, 0.2) is 5.76 Å². The Hall–Kier alpha value is -4.21. The lowest BCUT2D eigenvalue weighted by atomic mass is 9.91. The zero-order valence-corrected chi connectivity index (χ0v) is 23.3. The summed E-state index contributed by atoms with van der Waals surface area (Å²) in [5, 5.41) is 12.7. The third-order valence-corrected chi connectivity index (χ3v) is 7.04. The second-order valence-corrected chi connectivity index (χ2v) is 10.3. The third-order valence-electron chi connectivity index (χ3n) is 7.04. The van der Waals surface area contributed by atoms with Gasteiger partial charge in [0.05, 0.1) is 23.6 Å². The molecule has 40 heavy (non-hydrogen) atoms. The molecule has 0 amide bonds. The number of aryl methyl sites for hydroxylation is 1. The first kappa shape index (κ1) is 28.8. The number of pyridine rings is 1. The van der Waals surface area contributed by atoms with Crippen LogP contribution in [-0.4, -0.2) is 44.3 Å². The maximum Gasteiger partial charge on any atom is 0.335 e. The predicted octanol–water partition coefficient (Wildman–Crippen LogP) is 6.64. The Morgan fingerprint density at radius 2 is 1.75 bits per heavy atom. The molecule has 3 N–H and O–H groups in total. The number of benzene rings is 1. The number of carboxylic acids is 1. The van der Waals surface area contributed by atoms with Crippen LogP contribution in [-0.2, 0) is 0 Å². The fourth-order valence-electron chi connectivity index (χ4n) is 4.79. The fraction of sp³-hybridized carbons (Fsp3) is 0.433. The molecule has 0 radical (unpaired) electrons. The minimum absolute atomic E-state index is 0.0609. The number of carboxylic acid groups (broad SMARTS) is 1. The summed E-state index contributed by atoms with van der Waals surface area (Å²) >= 11 is 0. The number of nitrogen functional groups attached to an aromatic ring is 1. The number of rotatable bonds is 4. The van der Waals surface area contributed by atoms with Crippen LogP contribution in [0.15, 0.2) is 57.7 Å². The summed E-state index contributed by atoms with van der Waals surface area (Å²) in [6.07, 6.45) is 14.7. The number of oxazole rings is 1. The van der Waals surface area contributed by atoms with E-state index in [0.717, 1.165) is 24.7 Å². The Kier molecular flexibility index (Phi) is 10.3. The molecular formula is C30H38N6O4. The molecule has 4 heterocycles. The van der Waals surface area contributed by atoms with E-state index in [-0.39, 0.29) is 11.6 Å². The topological polar surface area (TPSA) is 144 Å². The third kappa shape index (κ3) is 8.39. The summed E-state index contributed by atoms with van der Waals surface area (Å²) in [4.78, 5) is 25.4. The summed E-state index contributed by atoms with van der Waals surface area (Å²) in [7, 11) is 0. The van der Waals surface area contributed by atoms with Gasteiger partial charge in [-0.3, -0.25) is 4.98 Å². The van der Waals surface area contributed by atoms with Crippen LogP contribution in [0.2, 0.25) is 0 Å². The largest absolute Gasteiger partial charge is 0.478 e. The minimum atomic E-state index is -0.982.